The molecule has 3 nitrogen and oxygen atoms in total. The normalized spacial score (nSPS) is 16.1. The van der Waals surface area contributed by atoms with Crippen LogP contribution in [0.1, 0.15) is 6.92 Å². The highest BCUT2D eigenvalue weighted by Crippen LogP contribution is 2.25. The Hall–Kier alpha value is -1.65. The van der Waals surface area contributed by atoms with Gasteiger partial charge >= 0.3 is 0 Å². The van der Waals surface area contributed by atoms with Crippen LogP contribution in [0.4, 0.5) is 5.69 Å². The number of anilines is 1. The molecule has 1 aliphatic rings. The number of piperazine rings is 1. The Labute approximate surface area is 152 Å². The van der Waals surface area contributed by atoms with Crippen molar-refractivity contribution in [3.8, 4) is 0 Å². The first-order chi connectivity index (χ1) is 11.6. The molecule has 3 rings (SSSR count). The Morgan fingerprint density at radius 3 is 2.25 bits per heavy atom. The first kappa shape index (κ1) is 17.2. The van der Waals surface area contributed by atoms with Gasteiger partial charge in [0.2, 0.25) is 5.91 Å². The Morgan fingerprint density at radius 1 is 1.00 bits per heavy atom. The van der Waals surface area contributed by atoms with Crippen LogP contribution in [-0.4, -0.2) is 42.2 Å². The SMILES string of the molecule is CC(Sc1ccccc1)C(=O)N1CCN(c2ccc(Cl)cc2)CC1. The van der Waals surface area contributed by atoms with Crippen molar-refractivity contribution in [2.45, 2.75) is 17.1 Å². The number of carbonyl (C=O) groups is 1. The summed E-state index contributed by atoms with van der Waals surface area (Å²) < 4.78 is 0. The first-order valence-electron chi connectivity index (χ1n) is 8.14. The summed E-state index contributed by atoms with van der Waals surface area (Å²) in [6, 6.07) is 18.0. The van der Waals surface area contributed by atoms with E-state index in [0.717, 1.165) is 36.1 Å². The van der Waals surface area contributed by atoms with Gasteiger partial charge in [-0.15, -0.1) is 11.8 Å². The van der Waals surface area contributed by atoms with Gasteiger partial charge in [0.15, 0.2) is 0 Å². The van der Waals surface area contributed by atoms with Gasteiger partial charge in [-0.05, 0) is 43.3 Å². The second-order valence-corrected chi connectivity index (χ2v) is 7.71. The van der Waals surface area contributed by atoms with E-state index in [0.29, 0.717) is 0 Å². The molecule has 24 heavy (non-hydrogen) atoms. The molecule has 1 saturated heterocycles. The molecule has 1 atom stereocenters. The van der Waals surface area contributed by atoms with Crippen molar-refractivity contribution in [1.82, 2.24) is 4.90 Å². The lowest BCUT2D eigenvalue weighted by molar-refractivity contribution is -0.130. The van der Waals surface area contributed by atoms with Crippen LogP contribution >= 0.6 is 23.4 Å². The van der Waals surface area contributed by atoms with E-state index in [-0.39, 0.29) is 11.2 Å². The highest BCUT2D eigenvalue weighted by atomic mass is 35.5. The molecule has 0 radical (unpaired) electrons. The van der Waals surface area contributed by atoms with E-state index < -0.39 is 0 Å². The molecule has 5 heteroatoms. The number of rotatable bonds is 4. The second kappa shape index (κ2) is 7.95. The predicted molar refractivity (Wildman–Crippen MR) is 102 cm³/mol. The summed E-state index contributed by atoms with van der Waals surface area (Å²) in [5, 5.41) is 0.689. The first-order valence-corrected chi connectivity index (χ1v) is 9.40. The van der Waals surface area contributed by atoms with Crippen LogP contribution in [0.5, 0.6) is 0 Å². The molecule has 1 fully saturated rings. The molecule has 0 N–H and O–H groups in total. The standard InChI is InChI=1S/C19H21ClN2OS/c1-15(24-18-5-3-2-4-6-18)19(23)22-13-11-21(12-14-22)17-9-7-16(20)8-10-17/h2-10,15H,11-14H2,1H3. The number of hydrogen-bond acceptors (Lipinski definition) is 3. The van der Waals surface area contributed by atoms with Crippen molar-refractivity contribution in [3.05, 3.63) is 59.6 Å². The monoisotopic (exact) mass is 360 g/mol. The lowest BCUT2D eigenvalue weighted by Crippen LogP contribution is -2.50. The zero-order valence-corrected chi connectivity index (χ0v) is 15.3. The lowest BCUT2D eigenvalue weighted by atomic mass is 10.2. The van der Waals surface area contributed by atoms with Gasteiger partial charge in [-0.1, -0.05) is 29.8 Å². The minimum atomic E-state index is -0.0607. The summed E-state index contributed by atoms with van der Waals surface area (Å²) in [6.07, 6.45) is 0. The Kier molecular flexibility index (Phi) is 5.69. The molecular formula is C19H21ClN2OS. The van der Waals surface area contributed by atoms with Crippen molar-refractivity contribution in [2.24, 2.45) is 0 Å². The fourth-order valence-corrected chi connectivity index (χ4v) is 3.95. The van der Waals surface area contributed by atoms with E-state index in [4.69, 9.17) is 11.6 Å². The maximum absolute atomic E-state index is 12.7. The van der Waals surface area contributed by atoms with Crippen LogP contribution in [-0.2, 0) is 4.79 Å². The van der Waals surface area contributed by atoms with Crippen LogP contribution in [0.15, 0.2) is 59.5 Å². The number of benzene rings is 2. The summed E-state index contributed by atoms with van der Waals surface area (Å²) in [4.78, 5) is 18.1. The smallest absolute Gasteiger partial charge is 0.235 e. The molecule has 2 aromatic rings. The summed E-state index contributed by atoms with van der Waals surface area (Å²) in [6.45, 7) is 5.24. The van der Waals surface area contributed by atoms with Gasteiger partial charge in [-0.3, -0.25) is 4.79 Å². The number of amides is 1. The van der Waals surface area contributed by atoms with E-state index in [2.05, 4.69) is 4.90 Å². The zero-order valence-electron chi connectivity index (χ0n) is 13.7. The molecule has 0 spiro atoms. The van der Waals surface area contributed by atoms with E-state index in [9.17, 15) is 4.79 Å². The average Bonchev–Trinajstić information content (AvgIpc) is 2.63. The van der Waals surface area contributed by atoms with Gasteiger partial charge in [-0.2, -0.15) is 0 Å². The van der Waals surface area contributed by atoms with Crippen molar-refractivity contribution in [3.63, 3.8) is 0 Å². The van der Waals surface area contributed by atoms with Gasteiger partial charge in [0.05, 0.1) is 5.25 Å². The number of nitrogens with zero attached hydrogens (tertiary/aromatic N) is 2. The highest BCUT2D eigenvalue weighted by molar-refractivity contribution is 8.00. The van der Waals surface area contributed by atoms with Gasteiger partial charge in [0.25, 0.3) is 0 Å². The number of thioether (sulfide) groups is 1. The topological polar surface area (TPSA) is 23.6 Å². The molecule has 0 aliphatic carbocycles. The maximum atomic E-state index is 12.7. The Balaban J connectivity index is 1.54. The quantitative estimate of drug-likeness (QED) is 0.764. The van der Waals surface area contributed by atoms with E-state index >= 15 is 0 Å². The average molecular weight is 361 g/mol. The van der Waals surface area contributed by atoms with Crippen LogP contribution < -0.4 is 4.90 Å². The summed E-state index contributed by atoms with van der Waals surface area (Å²) >= 11 is 7.57. The minimum Gasteiger partial charge on any atom is -0.368 e. The third kappa shape index (κ3) is 4.25. The van der Waals surface area contributed by atoms with Crippen molar-refractivity contribution < 1.29 is 4.79 Å². The lowest BCUT2D eigenvalue weighted by Gasteiger charge is -2.37. The fourth-order valence-electron chi connectivity index (χ4n) is 2.85. The summed E-state index contributed by atoms with van der Waals surface area (Å²) in [7, 11) is 0. The van der Waals surface area contributed by atoms with E-state index in [1.807, 2.05) is 66.4 Å². The fraction of sp³-hybridized carbons (Fsp3) is 0.316. The molecular weight excluding hydrogens is 340 g/mol. The highest BCUT2D eigenvalue weighted by Gasteiger charge is 2.25. The maximum Gasteiger partial charge on any atom is 0.235 e. The summed E-state index contributed by atoms with van der Waals surface area (Å²) in [5.74, 6) is 0.222. The number of halogens is 1. The van der Waals surface area contributed by atoms with Crippen LogP contribution in [0, 0.1) is 0 Å². The predicted octanol–water partition coefficient (Wildman–Crippen LogP) is 4.17. The van der Waals surface area contributed by atoms with Gasteiger partial charge in [-0.25, -0.2) is 0 Å². The van der Waals surface area contributed by atoms with Crippen molar-refractivity contribution in [2.75, 3.05) is 31.1 Å². The molecule has 0 saturated carbocycles. The molecule has 1 unspecified atom stereocenters. The Morgan fingerprint density at radius 2 is 1.62 bits per heavy atom. The van der Waals surface area contributed by atoms with Crippen LogP contribution in [0.2, 0.25) is 5.02 Å². The van der Waals surface area contributed by atoms with Gasteiger partial charge in [0, 0.05) is 41.8 Å². The molecule has 126 valence electrons. The number of carbonyl (C=O) groups excluding carboxylic acids is 1. The molecule has 1 aliphatic heterocycles. The molecule has 1 heterocycles. The molecule has 0 bridgehead atoms. The largest absolute Gasteiger partial charge is 0.368 e. The summed E-state index contributed by atoms with van der Waals surface area (Å²) in [5.41, 5.74) is 1.17. The van der Waals surface area contributed by atoms with Crippen LogP contribution in [0.3, 0.4) is 0 Å². The molecule has 1 amide bonds. The third-order valence-electron chi connectivity index (χ3n) is 4.19. The van der Waals surface area contributed by atoms with Gasteiger partial charge in [0.1, 0.15) is 0 Å². The van der Waals surface area contributed by atoms with E-state index in [1.54, 1.807) is 11.8 Å². The minimum absolute atomic E-state index is 0.0607. The van der Waals surface area contributed by atoms with Gasteiger partial charge < -0.3 is 9.80 Å². The molecule has 2 aromatic carbocycles. The molecule has 0 aromatic heterocycles. The van der Waals surface area contributed by atoms with E-state index in [1.165, 1.54) is 5.69 Å². The van der Waals surface area contributed by atoms with Crippen molar-refractivity contribution >= 4 is 35.0 Å². The number of hydrogen-bond donors (Lipinski definition) is 0. The van der Waals surface area contributed by atoms with Crippen molar-refractivity contribution in [1.29, 1.82) is 0 Å². The van der Waals surface area contributed by atoms with Crippen LogP contribution in [0.25, 0.3) is 0 Å². The third-order valence-corrected chi connectivity index (χ3v) is 5.54. The Bertz CT molecular complexity index is 670. The second-order valence-electron chi connectivity index (χ2n) is 5.86. The zero-order chi connectivity index (χ0) is 16.9.